The van der Waals surface area contributed by atoms with E-state index in [2.05, 4.69) is 80.6 Å². The summed E-state index contributed by atoms with van der Waals surface area (Å²) in [4.78, 5) is 7.09. The van der Waals surface area contributed by atoms with Gasteiger partial charge in [0.05, 0.1) is 18.7 Å². The normalized spacial score (nSPS) is 14.4. The fourth-order valence-electron chi connectivity index (χ4n) is 4.77. The SMILES string of the molecule is Cc1ccc(C)c(COCc2cccc(Sc3ccc4nc(N)c(CC5CCOCC5)cc4c3)c2)c1. The van der Waals surface area contributed by atoms with Gasteiger partial charge in [-0.05, 0) is 97.7 Å². The lowest BCUT2D eigenvalue weighted by molar-refractivity contribution is 0.0666. The van der Waals surface area contributed by atoms with Crippen molar-refractivity contribution in [2.75, 3.05) is 18.9 Å². The number of nitrogen functional groups attached to an aromatic ring is 1. The highest BCUT2D eigenvalue weighted by molar-refractivity contribution is 7.99. The van der Waals surface area contributed by atoms with Crippen LogP contribution in [0, 0.1) is 19.8 Å². The minimum absolute atomic E-state index is 0.596. The number of ether oxygens (including phenoxy) is 2. The quantitative estimate of drug-likeness (QED) is 0.277. The number of fused-ring (bicyclic) bond motifs is 1. The summed E-state index contributed by atoms with van der Waals surface area (Å²) >= 11 is 1.77. The molecule has 0 saturated carbocycles. The number of benzene rings is 3. The summed E-state index contributed by atoms with van der Waals surface area (Å²) in [5.74, 6) is 1.28. The third-order valence-corrected chi connectivity index (χ3v) is 7.89. The highest BCUT2D eigenvalue weighted by Crippen LogP contribution is 2.32. The van der Waals surface area contributed by atoms with Crippen molar-refractivity contribution in [3.63, 3.8) is 0 Å². The summed E-state index contributed by atoms with van der Waals surface area (Å²) in [6.45, 7) is 7.18. The van der Waals surface area contributed by atoms with E-state index in [4.69, 9.17) is 20.2 Å². The van der Waals surface area contributed by atoms with Gasteiger partial charge < -0.3 is 15.2 Å². The van der Waals surface area contributed by atoms with Crippen LogP contribution in [-0.2, 0) is 29.1 Å². The molecule has 2 heterocycles. The van der Waals surface area contributed by atoms with Crippen molar-refractivity contribution >= 4 is 28.5 Å². The Bertz CT molecular complexity index is 1350. The van der Waals surface area contributed by atoms with E-state index in [-0.39, 0.29) is 0 Å². The van der Waals surface area contributed by atoms with Crippen molar-refractivity contribution in [3.8, 4) is 0 Å². The van der Waals surface area contributed by atoms with Crippen LogP contribution in [0.5, 0.6) is 0 Å². The number of hydrogen-bond acceptors (Lipinski definition) is 5. The van der Waals surface area contributed by atoms with Gasteiger partial charge in [-0.2, -0.15) is 0 Å². The third-order valence-electron chi connectivity index (χ3n) is 6.91. The average molecular weight is 499 g/mol. The monoisotopic (exact) mass is 498 g/mol. The largest absolute Gasteiger partial charge is 0.383 e. The van der Waals surface area contributed by atoms with Crippen LogP contribution in [0.25, 0.3) is 10.9 Å². The molecule has 186 valence electrons. The number of aryl methyl sites for hydroxylation is 2. The van der Waals surface area contributed by atoms with E-state index in [9.17, 15) is 0 Å². The molecule has 2 N–H and O–H groups in total. The Morgan fingerprint density at radius 2 is 1.75 bits per heavy atom. The minimum Gasteiger partial charge on any atom is -0.383 e. The lowest BCUT2D eigenvalue weighted by Crippen LogP contribution is -2.18. The topological polar surface area (TPSA) is 57.4 Å². The Kier molecular flexibility index (Phi) is 7.90. The first-order valence-corrected chi connectivity index (χ1v) is 13.5. The van der Waals surface area contributed by atoms with Crippen LogP contribution in [0.15, 0.2) is 76.5 Å². The molecule has 1 fully saturated rings. The van der Waals surface area contributed by atoms with Gasteiger partial charge >= 0.3 is 0 Å². The molecule has 0 unspecified atom stereocenters. The summed E-state index contributed by atoms with van der Waals surface area (Å²) < 4.78 is 11.6. The molecule has 0 aliphatic carbocycles. The smallest absolute Gasteiger partial charge is 0.127 e. The highest BCUT2D eigenvalue weighted by Gasteiger charge is 2.16. The number of hydrogen-bond donors (Lipinski definition) is 1. The van der Waals surface area contributed by atoms with Gasteiger partial charge in [-0.15, -0.1) is 0 Å². The standard InChI is InChI=1S/C31H34N2O2S/c1-21-6-7-22(2)27(14-21)20-35-19-24-4-3-5-28(16-24)36-29-8-9-30-25(18-29)17-26(31(32)33-30)15-23-10-12-34-13-11-23/h3-9,14,16-18,23H,10-13,15,19-20H2,1-2H3,(H2,32,33). The van der Waals surface area contributed by atoms with Gasteiger partial charge in [0.2, 0.25) is 0 Å². The molecule has 1 aliphatic heterocycles. The second kappa shape index (κ2) is 11.5. The molecule has 5 heteroatoms. The summed E-state index contributed by atoms with van der Waals surface area (Å²) in [6.07, 6.45) is 3.16. The maximum atomic E-state index is 6.32. The van der Waals surface area contributed by atoms with E-state index >= 15 is 0 Å². The average Bonchev–Trinajstić information content (AvgIpc) is 2.88. The van der Waals surface area contributed by atoms with Gasteiger partial charge in [-0.1, -0.05) is 47.7 Å². The van der Waals surface area contributed by atoms with E-state index in [1.807, 2.05) is 0 Å². The van der Waals surface area contributed by atoms with Crippen LogP contribution in [0.1, 0.15) is 40.7 Å². The summed E-state index contributed by atoms with van der Waals surface area (Å²) in [7, 11) is 0. The molecule has 0 atom stereocenters. The number of rotatable bonds is 8. The summed E-state index contributed by atoms with van der Waals surface area (Å²) in [6, 6.07) is 23.8. The lowest BCUT2D eigenvalue weighted by atomic mass is 9.92. The van der Waals surface area contributed by atoms with Crippen molar-refractivity contribution in [2.24, 2.45) is 5.92 Å². The predicted octanol–water partition coefficient (Wildman–Crippen LogP) is 7.27. The molecule has 3 aromatic carbocycles. The van der Waals surface area contributed by atoms with Crippen LogP contribution in [0.2, 0.25) is 0 Å². The first-order chi connectivity index (χ1) is 17.5. The van der Waals surface area contributed by atoms with Gasteiger partial charge in [0, 0.05) is 28.4 Å². The second-order valence-electron chi connectivity index (χ2n) is 9.82. The lowest BCUT2D eigenvalue weighted by Gasteiger charge is -2.22. The van der Waals surface area contributed by atoms with Crippen molar-refractivity contribution in [1.29, 1.82) is 0 Å². The Morgan fingerprint density at radius 1 is 0.917 bits per heavy atom. The predicted molar refractivity (Wildman–Crippen MR) is 148 cm³/mol. The molecule has 1 saturated heterocycles. The zero-order chi connectivity index (χ0) is 24.9. The molecular weight excluding hydrogens is 464 g/mol. The van der Waals surface area contributed by atoms with Gasteiger partial charge in [0.25, 0.3) is 0 Å². The zero-order valence-electron chi connectivity index (χ0n) is 21.1. The van der Waals surface area contributed by atoms with Crippen LogP contribution >= 0.6 is 11.8 Å². The Balaban J connectivity index is 1.26. The zero-order valence-corrected chi connectivity index (χ0v) is 21.9. The van der Waals surface area contributed by atoms with Crippen molar-refractivity contribution in [2.45, 2.75) is 56.1 Å². The highest BCUT2D eigenvalue weighted by atomic mass is 32.2. The Morgan fingerprint density at radius 3 is 2.61 bits per heavy atom. The fraction of sp³-hybridized carbons (Fsp3) is 0.323. The molecule has 0 amide bonds. The number of pyridine rings is 1. The van der Waals surface area contributed by atoms with Gasteiger partial charge in [-0.3, -0.25) is 0 Å². The first-order valence-electron chi connectivity index (χ1n) is 12.7. The van der Waals surface area contributed by atoms with E-state index < -0.39 is 0 Å². The number of nitrogens with two attached hydrogens (primary N) is 1. The van der Waals surface area contributed by atoms with Crippen LogP contribution in [0.3, 0.4) is 0 Å². The molecule has 0 spiro atoms. The maximum Gasteiger partial charge on any atom is 0.127 e. The molecule has 1 aliphatic rings. The van der Waals surface area contributed by atoms with Gasteiger partial charge in [0.1, 0.15) is 5.82 Å². The molecule has 4 aromatic rings. The van der Waals surface area contributed by atoms with E-state index in [0.29, 0.717) is 24.9 Å². The minimum atomic E-state index is 0.596. The Labute approximate surface area is 218 Å². The van der Waals surface area contributed by atoms with Crippen molar-refractivity contribution in [1.82, 2.24) is 4.98 Å². The fourth-order valence-corrected chi connectivity index (χ4v) is 5.72. The second-order valence-corrected chi connectivity index (χ2v) is 11.0. The van der Waals surface area contributed by atoms with Crippen LogP contribution in [-0.4, -0.2) is 18.2 Å². The molecular formula is C31H34N2O2S. The van der Waals surface area contributed by atoms with Gasteiger partial charge in [0.15, 0.2) is 0 Å². The number of nitrogens with zero attached hydrogens (tertiary/aromatic N) is 1. The number of aromatic nitrogens is 1. The first kappa shape index (κ1) is 24.8. The molecule has 0 bridgehead atoms. The molecule has 1 aromatic heterocycles. The van der Waals surface area contributed by atoms with Crippen molar-refractivity contribution in [3.05, 3.63) is 94.5 Å². The van der Waals surface area contributed by atoms with E-state index in [0.717, 1.165) is 48.9 Å². The summed E-state index contributed by atoms with van der Waals surface area (Å²) in [5.41, 5.74) is 13.4. The number of anilines is 1. The van der Waals surface area contributed by atoms with E-state index in [1.165, 1.54) is 32.0 Å². The molecule has 5 rings (SSSR count). The molecule has 4 nitrogen and oxygen atoms in total. The van der Waals surface area contributed by atoms with Crippen molar-refractivity contribution < 1.29 is 9.47 Å². The Hall–Kier alpha value is -2.86. The maximum absolute atomic E-state index is 6.32. The van der Waals surface area contributed by atoms with E-state index in [1.54, 1.807) is 11.8 Å². The van der Waals surface area contributed by atoms with Crippen LogP contribution < -0.4 is 5.73 Å². The summed E-state index contributed by atoms with van der Waals surface area (Å²) in [5, 5.41) is 1.14. The van der Waals surface area contributed by atoms with Crippen LogP contribution in [0.4, 0.5) is 5.82 Å². The third kappa shape index (κ3) is 6.28. The molecule has 36 heavy (non-hydrogen) atoms. The molecule has 0 radical (unpaired) electrons. The van der Waals surface area contributed by atoms with Gasteiger partial charge in [-0.25, -0.2) is 4.98 Å².